The molecule has 0 heterocycles. The van der Waals surface area contributed by atoms with Gasteiger partial charge in [-0.05, 0) is 12.2 Å². The maximum Gasteiger partial charge on any atom is 0.219 e. The lowest BCUT2D eigenvalue weighted by Gasteiger charge is -2.08. The highest BCUT2D eigenvalue weighted by Crippen LogP contribution is 2.00. The summed E-state index contributed by atoms with van der Waals surface area (Å²) >= 11 is 0. The molecular weight excluding hydrogens is 164 g/mol. The second-order valence-electron chi connectivity index (χ2n) is 2.17. The Balaban J connectivity index is 3.21. The van der Waals surface area contributed by atoms with Gasteiger partial charge in [0.15, 0.2) is 0 Å². The average molecular weight is 172 g/mol. The molecule has 0 fully saturated rings. The average Bonchev–Trinajstić information content (AvgIpc) is 1.94. The highest BCUT2D eigenvalue weighted by molar-refractivity contribution is 7.73. The molecule has 1 rings (SSSR count). The molecular formula is C6H8N2O2S. The first kappa shape index (κ1) is 8.03. The van der Waals surface area contributed by atoms with Crippen LogP contribution in [0.15, 0.2) is 23.9 Å². The molecule has 5 heteroatoms. The molecule has 1 atom stereocenters. The van der Waals surface area contributed by atoms with Crippen molar-refractivity contribution in [1.82, 2.24) is 0 Å². The maximum absolute atomic E-state index is 10.5. The summed E-state index contributed by atoms with van der Waals surface area (Å²) in [6, 6.07) is -0.555. The van der Waals surface area contributed by atoms with Crippen molar-refractivity contribution in [2.75, 3.05) is 0 Å². The molecule has 0 aliphatic heterocycles. The Bertz CT molecular complexity index is 343. The third-order valence-corrected chi connectivity index (χ3v) is 2.10. The molecule has 0 saturated carbocycles. The van der Waals surface area contributed by atoms with E-state index >= 15 is 0 Å². The van der Waals surface area contributed by atoms with Gasteiger partial charge in [0.1, 0.15) is 0 Å². The van der Waals surface area contributed by atoms with Crippen LogP contribution >= 0.6 is 0 Å². The van der Waals surface area contributed by atoms with Crippen molar-refractivity contribution in [2.45, 2.75) is 6.04 Å². The molecule has 1 unspecified atom stereocenters. The van der Waals surface area contributed by atoms with Gasteiger partial charge >= 0.3 is 0 Å². The molecule has 4 N–H and O–H groups in total. The summed E-state index contributed by atoms with van der Waals surface area (Å²) in [5, 5.41) is 0. The third kappa shape index (κ3) is 1.69. The lowest BCUT2D eigenvalue weighted by Crippen LogP contribution is -2.30. The van der Waals surface area contributed by atoms with E-state index in [1.807, 2.05) is 0 Å². The predicted molar refractivity (Wildman–Crippen MR) is 43.3 cm³/mol. The largest absolute Gasteiger partial charge is 0.399 e. The number of rotatable bonds is 0. The van der Waals surface area contributed by atoms with E-state index in [1.54, 1.807) is 12.2 Å². The number of allylic oxidation sites excluding steroid dienone is 1. The summed E-state index contributed by atoms with van der Waals surface area (Å²) in [4.78, 5) is 0.130. The molecule has 1 aliphatic carbocycles. The van der Waals surface area contributed by atoms with Crippen LogP contribution in [0.2, 0.25) is 0 Å². The van der Waals surface area contributed by atoms with Crippen LogP contribution < -0.4 is 11.5 Å². The van der Waals surface area contributed by atoms with Crippen molar-refractivity contribution in [1.29, 1.82) is 0 Å². The third-order valence-electron chi connectivity index (χ3n) is 1.33. The van der Waals surface area contributed by atoms with Gasteiger partial charge < -0.3 is 11.5 Å². The lowest BCUT2D eigenvalue weighted by atomic mass is 10.1. The fraction of sp³-hybridized carbons (Fsp3) is 0.167. The smallest absolute Gasteiger partial charge is 0.219 e. The Morgan fingerprint density at radius 1 is 1.45 bits per heavy atom. The molecule has 0 aromatic heterocycles. The summed E-state index contributed by atoms with van der Waals surface area (Å²) in [6.45, 7) is 0. The fourth-order valence-corrected chi connectivity index (χ4v) is 1.31. The van der Waals surface area contributed by atoms with Crippen molar-refractivity contribution in [2.24, 2.45) is 11.5 Å². The van der Waals surface area contributed by atoms with Crippen LogP contribution in [0.25, 0.3) is 0 Å². The summed E-state index contributed by atoms with van der Waals surface area (Å²) in [5.41, 5.74) is 11.2. The molecule has 1 aliphatic rings. The van der Waals surface area contributed by atoms with Crippen LogP contribution in [-0.4, -0.2) is 19.3 Å². The van der Waals surface area contributed by atoms with Gasteiger partial charge in [-0.25, -0.2) is 0 Å². The molecule has 11 heavy (non-hydrogen) atoms. The van der Waals surface area contributed by atoms with Crippen molar-refractivity contribution in [3.05, 3.63) is 23.9 Å². The van der Waals surface area contributed by atoms with E-state index in [-0.39, 0.29) is 4.86 Å². The van der Waals surface area contributed by atoms with Crippen LogP contribution in [0.1, 0.15) is 0 Å². The van der Waals surface area contributed by atoms with Crippen molar-refractivity contribution >= 4 is 15.2 Å². The highest BCUT2D eigenvalue weighted by atomic mass is 32.2. The van der Waals surface area contributed by atoms with Crippen LogP contribution in [-0.2, 0) is 10.3 Å². The molecule has 0 saturated heterocycles. The zero-order chi connectivity index (χ0) is 8.43. The van der Waals surface area contributed by atoms with Crippen LogP contribution in [0.4, 0.5) is 0 Å². The van der Waals surface area contributed by atoms with Crippen molar-refractivity contribution in [3.63, 3.8) is 0 Å². The first-order valence-corrected chi connectivity index (χ1v) is 4.06. The van der Waals surface area contributed by atoms with E-state index < -0.39 is 16.3 Å². The van der Waals surface area contributed by atoms with Gasteiger partial charge in [0.25, 0.3) is 0 Å². The zero-order valence-electron chi connectivity index (χ0n) is 5.69. The van der Waals surface area contributed by atoms with Crippen molar-refractivity contribution < 1.29 is 8.42 Å². The van der Waals surface area contributed by atoms with Gasteiger partial charge in [0.05, 0.1) is 10.9 Å². The van der Waals surface area contributed by atoms with E-state index in [9.17, 15) is 8.42 Å². The quantitative estimate of drug-likeness (QED) is 0.448. The molecule has 0 radical (unpaired) electrons. The minimum Gasteiger partial charge on any atom is -0.399 e. The molecule has 0 spiro atoms. The Morgan fingerprint density at radius 2 is 2.09 bits per heavy atom. The molecule has 60 valence electrons. The van der Waals surface area contributed by atoms with E-state index in [2.05, 4.69) is 0 Å². The Labute approximate surface area is 65.7 Å². The van der Waals surface area contributed by atoms with Gasteiger partial charge in [0, 0.05) is 5.70 Å². The Hall–Kier alpha value is -1.07. The van der Waals surface area contributed by atoms with Gasteiger partial charge in [-0.15, -0.1) is 0 Å². The summed E-state index contributed by atoms with van der Waals surface area (Å²) in [5.74, 6) is 0. The fourth-order valence-electron chi connectivity index (χ4n) is 0.777. The summed E-state index contributed by atoms with van der Waals surface area (Å²) in [6.07, 6.45) is 4.48. The second-order valence-corrected chi connectivity index (χ2v) is 3.11. The molecule has 0 aromatic rings. The van der Waals surface area contributed by atoms with Crippen LogP contribution in [0.5, 0.6) is 0 Å². The number of nitrogens with two attached hydrogens (primary N) is 2. The summed E-state index contributed by atoms with van der Waals surface area (Å²) < 4.78 is 20.9. The van der Waals surface area contributed by atoms with E-state index in [1.165, 1.54) is 6.08 Å². The maximum atomic E-state index is 10.5. The topological polar surface area (TPSA) is 86.2 Å². The standard InChI is InChI=1S/C6H8N2O2S/c7-4-1-2-5(8)6(3-4)11(9)10/h1-3,5H,7-8H2. The van der Waals surface area contributed by atoms with Crippen LogP contribution in [0, 0.1) is 0 Å². The van der Waals surface area contributed by atoms with Gasteiger partial charge in [-0.1, -0.05) is 6.08 Å². The minimum absolute atomic E-state index is 0.130. The van der Waals surface area contributed by atoms with E-state index in [0.717, 1.165) is 0 Å². The Kier molecular flexibility index (Phi) is 2.11. The molecule has 0 bridgehead atoms. The zero-order valence-corrected chi connectivity index (χ0v) is 6.51. The van der Waals surface area contributed by atoms with Gasteiger partial charge in [-0.2, -0.15) is 8.42 Å². The molecule has 0 aromatic carbocycles. The van der Waals surface area contributed by atoms with E-state index in [4.69, 9.17) is 11.5 Å². The highest BCUT2D eigenvalue weighted by Gasteiger charge is 2.10. The monoisotopic (exact) mass is 172 g/mol. The van der Waals surface area contributed by atoms with E-state index in [0.29, 0.717) is 5.70 Å². The van der Waals surface area contributed by atoms with Gasteiger partial charge in [-0.3, -0.25) is 0 Å². The predicted octanol–water partition coefficient (Wildman–Crippen LogP) is -1.22. The SMILES string of the molecule is NC1=CC(=S(=O)=O)C(N)C=C1. The first-order valence-electron chi connectivity index (χ1n) is 2.98. The lowest BCUT2D eigenvalue weighted by molar-refractivity contribution is 0.626. The Morgan fingerprint density at radius 3 is 2.55 bits per heavy atom. The normalized spacial score (nSPS) is 23.2. The molecule has 0 amide bonds. The summed E-state index contributed by atoms with van der Waals surface area (Å²) in [7, 11) is -2.27. The number of hydrogen-bond acceptors (Lipinski definition) is 4. The minimum atomic E-state index is -2.27. The van der Waals surface area contributed by atoms with Gasteiger partial charge in [0.2, 0.25) is 10.3 Å². The second kappa shape index (κ2) is 2.89. The van der Waals surface area contributed by atoms with Crippen LogP contribution in [0.3, 0.4) is 0 Å². The first-order chi connectivity index (χ1) is 5.11. The number of hydrogen-bond donors (Lipinski definition) is 2. The van der Waals surface area contributed by atoms with Crippen molar-refractivity contribution in [3.8, 4) is 0 Å². The molecule has 4 nitrogen and oxygen atoms in total.